The first-order valence-electron chi connectivity index (χ1n) is 9.53. The van der Waals surface area contributed by atoms with E-state index >= 15 is 0 Å². The summed E-state index contributed by atoms with van der Waals surface area (Å²) in [4.78, 5) is 19.7. The van der Waals surface area contributed by atoms with E-state index in [1.54, 1.807) is 6.07 Å². The third-order valence-corrected chi connectivity index (χ3v) is 5.69. The highest BCUT2D eigenvalue weighted by Crippen LogP contribution is 2.33. The van der Waals surface area contributed by atoms with Crippen molar-refractivity contribution in [2.45, 2.75) is 39.2 Å². The minimum atomic E-state index is -1.44. The van der Waals surface area contributed by atoms with Crippen LogP contribution in [0.3, 0.4) is 0 Å². The van der Waals surface area contributed by atoms with Crippen molar-refractivity contribution in [3.63, 3.8) is 0 Å². The van der Waals surface area contributed by atoms with E-state index in [9.17, 15) is 4.79 Å². The Morgan fingerprint density at radius 3 is 2.75 bits per heavy atom. The van der Waals surface area contributed by atoms with Crippen LogP contribution in [0.25, 0.3) is 22.3 Å². The van der Waals surface area contributed by atoms with Crippen LogP contribution in [0.15, 0.2) is 36.5 Å². The normalized spacial score (nSPS) is 19.6. The monoisotopic (exact) mass is 399 g/mol. The van der Waals surface area contributed by atoms with Crippen molar-refractivity contribution in [3.05, 3.63) is 41.6 Å². The molecule has 3 aromatic rings. The van der Waals surface area contributed by atoms with Crippen molar-refractivity contribution in [3.8, 4) is 17.3 Å². The summed E-state index contributed by atoms with van der Waals surface area (Å²) in [5, 5.41) is 9.55. The van der Waals surface area contributed by atoms with Crippen LogP contribution >= 0.6 is 11.6 Å². The van der Waals surface area contributed by atoms with Gasteiger partial charge >= 0.3 is 12.2 Å². The van der Waals surface area contributed by atoms with Gasteiger partial charge in [0.15, 0.2) is 0 Å². The standard InChI is InChI=1S/C21H22ClN3O3/c1-13-5-7-14(8-6-13)12-25-10-9-17-19(25)18(15-3-2-4-16(22)11-15)24-20(23-17)28-21(26)27/h2-4,9-11,13-14H,5-8,12H2,1H3,(H,26,27). The number of carbonyl (C=O) groups is 1. The van der Waals surface area contributed by atoms with Crippen molar-refractivity contribution >= 4 is 28.8 Å². The Balaban J connectivity index is 1.78. The summed E-state index contributed by atoms with van der Waals surface area (Å²) >= 11 is 6.18. The fourth-order valence-electron chi connectivity index (χ4n) is 3.99. The Kier molecular flexibility index (Phi) is 5.22. The molecule has 2 aromatic heterocycles. The molecular formula is C21H22ClN3O3. The molecule has 0 bridgehead atoms. The first-order chi connectivity index (χ1) is 13.5. The van der Waals surface area contributed by atoms with E-state index in [2.05, 4.69) is 21.5 Å². The molecule has 0 amide bonds. The van der Waals surface area contributed by atoms with Gasteiger partial charge in [0, 0.05) is 23.3 Å². The number of fused-ring (bicyclic) bond motifs is 1. The zero-order valence-electron chi connectivity index (χ0n) is 15.6. The molecule has 0 aliphatic heterocycles. The molecule has 6 nitrogen and oxygen atoms in total. The van der Waals surface area contributed by atoms with E-state index in [0.717, 1.165) is 23.5 Å². The number of nitrogens with zero attached hydrogens (tertiary/aromatic N) is 3. The second-order valence-corrected chi connectivity index (χ2v) is 8.00. The molecule has 1 fully saturated rings. The van der Waals surface area contributed by atoms with Gasteiger partial charge in [-0.1, -0.05) is 43.5 Å². The number of halogens is 1. The summed E-state index contributed by atoms with van der Waals surface area (Å²) in [6.45, 7) is 3.21. The quantitative estimate of drug-likeness (QED) is 0.575. The Labute approximate surface area is 168 Å². The molecule has 7 heteroatoms. The van der Waals surface area contributed by atoms with Crippen molar-refractivity contribution in [2.75, 3.05) is 0 Å². The molecule has 1 aromatic carbocycles. The predicted octanol–water partition coefficient (Wildman–Crippen LogP) is 5.63. The fraction of sp³-hybridized carbons (Fsp3) is 0.381. The van der Waals surface area contributed by atoms with Gasteiger partial charge in [0.25, 0.3) is 0 Å². The maximum Gasteiger partial charge on any atom is 0.513 e. The molecule has 0 radical (unpaired) electrons. The lowest BCUT2D eigenvalue weighted by molar-refractivity contribution is 0.140. The van der Waals surface area contributed by atoms with Crippen LogP contribution in [0.4, 0.5) is 4.79 Å². The predicted molar refractivity (Wildman–Crippen MR) is 108 cm³/mol. The molecule has 1 aliphatic rings. The van der Waals surface area contributed by atoms with Gasteiger partial charge in [0.1, 0.15) is 5.69 Å². The van der Waals surface area contributed by atoms with Crippen LogP contribution in [0, 0.1) is 11.8 Å². The highest BCUT2D eigenvalue weighted by Gasteiger charge is 2.21. The second kappa shape index (κ2) is 7.80. The van der Waals surface area contributed by atoms with Gasteiger partial charge in [-0.3, -0.25) is 0 Å². The maximum atomic E-state index is 11.0. The average Bonchev–Trinajstić information content (AvgIpc) is 3.05. The number of hydrogen-bond acceptors (Lipinski definition) is 4. The highest BCUT2D eigenvalue weighted by atomic mass is 35.5. The lowest BCUT2D eigenvalue weighted by Gasteiger charge is -2.26. The smallest absolute Gasteiger partial charge is 0.449 e. The van der Waals surface area contributed by atoms with E-state index in [4.69, 9.17) is 21.4 Å². The molecule has 0 saturated heterocycles. The minimum absolute atomic E-state index is 0.181. The average molecular weight is 400 g/mol. The summed E-state index contributed by atoms with van der Waals surface area (Å²) < 4.78 is 6.92. The summed E-state index contributed by atoms with van der Waals surface area (Å²) in [7, 11) is 0. The largest absolute Gasteiger partial charge is 0.513 e. The lowest BCUT2D eigenvalue weighted by Crippen LogP contribution is -2.17. The Morgan fingerprint density at radius 1 is 1.25 bits per heavy atom. The van der Waals surface area contributed by atoms with Crippen molar-refractivity contribution in [2.24, 2.45) is 11.8 Å². The zero-order valence-corrected chi connectivity index (χ0v) is 16.4. The van der Waals surface area contributed by atoms with Gasteiger partial charge in [-0.25, -0.2) is 4.79 Å². The first kappa shape index (κ1) is 18.7. The SMILES string of the molecule is CC1CCC(Cn2ccc3nc(OC(=O)O)nc(-c4cccc(Cl)c4)c32)CC1. The van der Waals surface area contributed by atoms with Crippen molar-refractivity contribution in [1.82, 2.24) is 14.5 Å². The van der Waals surface area contributed by atoms with E-state index in [1.165, 1.54) is 25.7 Å². The van der Waals surface area contributed by atoms with Crippen molar-refractivity contribution < 1.29 is 14.6 Å². The van der Waals surface area contributed by atoms with Gasteiger partial charge in [-0.2, -0.15) is 9.97 Å². The van der Waals surface area contributed by atoms with Crippen LogP contribution in [-0.2, 0) is 6.54 Å². The summed E-state index contributed by atoms with van der Waals surface area (Å²) in [5.41, 5.74) is 2.95. The molecule has 0 spiro atoms. The maximum absolute atomic E-state index is 11.0. The van der Waals surface area contributed by atoms with Crippen LogP contribution in [0.5, 0.6) is 6.01 Å². The second-order valence-electron chi connectivity index (χ2n) is 7.56. The van der Waals surface area contributed by atoms with Crippen molar-refractivity contribution in [1.29, 1.82) is 0 Å². The third-order valence-electron chi connectivity index (χ3n) is 5.46. The van der Waals surface area contributed by atoms with E-state index in [0.29, 0.717) is 22.2 Å². The number of rotatable bonds is 4. The molecule has 1 N–H and O–H groups in total. The summed E-state index contributed by atoms with van der Waals surface area (Å²) in [6.07, 6.45) is 5.52. The van der Waals surface area contributed by atoms with Gasteiger partial charge in [0.2, 0.25) is 0 Å². The molecule has 2 heterocycles. The third kappa shape index (κ3) is 3.97. The molecule has 1 saturated carbocycles. The molecular weight excluding hydrogens is 378 g/mol. The lowest BCUT2D eigenvalue weighted by atomic mass is 9.83. The van der Waals surface area contributed by atoms with Crippen LogP contribution < -0.4 is 4.74 Å². The molecule has 0 unspecified atom stereocenters. The van der Waals surface area contributed by atoms with Gasteiger partial charge in [0.05, 0.1) is 11.0 Å². The van der Waals surface area contributed by atoms with Crippen LogP contribution in [-0.4, -0.2) is 25.8 Å². The van der Waals surface area contributed by atoms with Crippen LogP contribution in [0.1, 0.15) is 32.6 Å². The number of aromatic nitrogens is 3. The highest BCUT2D eigenvalue weighted by molar-refractivity contribution is 6.30. The van der Waals surface area contributed by atoms with E-state index in [-0.39, 0.29) is 6.01 Å². The Bertz CT molecular complexity index is 1010. The van der Waals surface area contributed by atoms with Crippen LogP contribution in [0.2, 0.25) is 5.02 Å². The fourth-order valence-corrected chi connectivity index (χ4v) is 4.18. The Morgan fingerprint density at radius 2 is 2.04 bits per heavy atom. The van der Waals surface area contributed by atoms with Gasteiger partial charge in [-0.05, 0) is 42.9 Å². The van der Waals surface area contributed by atoms with Gasteiger partial charge in [-0.15, -0.1) is 0 Å². The number of ether oxygens (including phenoxy) is 1. The van der Waals surface area contributed by atoms with E-state index in [1.807, 2.05) is 30.5 Å². The molecule has 28 heavy (non-hydrogen) atoms. The van der Waals surface area contributed by atoms with Gasteiger partial charge < -0.3 is 14.4 Å². The summed E-state index contributed by atoms with van der Waals surface area (Å²) in [6, 6.07) is 9.05. The first-order valence-corrected chi connectivity index (χ1v) is 9.91. The minimum Gasteiger partial charge on any atom is -0.449 e. The number of hydrogen-bond donors (Lipinski definition) is 1. The number of benzene rings is 1. The molecule has 146 valence electrons. The zero-order chi connectivity index (χ0) is 19.7. The topological polar surface area (TPSA) is 77.2 Å². The number of carboxylic acid groups (broad SMARTS) is 1. The van der Waals surface area contributed by atoms with E-state index < -0.39 is 6.16 Å². The molecule has 1 aliphatic carbocycles. The molecule has 0 atom stereocenters. The molecule has 4 rings (SSSR count). The summed E-state index contributed by atoms with van der Waals surface area (Å²) in [5.74, 6) is 1.42. The Hall–Kier alpha value is -2.60.